The number of hydrogen-bond donors (Lipinski definition) is 3. The van der Waals surface area contributed by atoms with Crippen LogP contribution in [0, 0.1) is 0 Å². The normalized spacial score (nSPS) is 12.5. The van der Waals surface area contributed by atoms with E-state index in [0.29, 0.717) is 25.9 Å². The van der Waals surface area contributed by atoms with Crippen molar-refractivity contribution in [2.75, 3.05) is 13.2 Å². The minimum Gasteiger partial charge on any atom is -0.466 e. The fourth-order valence-electron chi connectivity index (χ4n) is 12.1. The molecule has 2 unspecified atom stereocenters. The first-order chi connectivity index (χ1) is 40.0. The Bertz CT molecular complexity index is 1220. The number of aliphatic hydroxyl groups is 2. The second kappa shape index (κ2) is 71.1. The van der Waals surface area contributed by atoms with Crippen LogP contribution in [0.2, 0.25) is 0 Å². The number of aliphatic hydroxyl groups excluding tert-OH is 2. The van der Waals surface area contributed by atoms with Crippen molar-refractivity contribution in [3.05, 3.63) is 12.2 Å². The SMILES string of the molecule is CCCCCCC/C=C\CCCCCCCC(=O)OCCCCCCCCCCCCCCCCCCCCCCCCCCCCCCCCC(=O)NC(CO)C(O)CCCCCCCCCCCCCCCCCCCCCC. The van der Waals surface area contributed by atoms with Gasteiger partial charge in [0.15, 0.2) is 0 Å². The first-order valence-electron chi connectivity index (χ1n) is 37.4. The summed E-state index contributed by atoms with van der Waals surface area (Å²) in [6.07, 6.45) is 88.5. The lowest BCUT2D eigenvalue weighted by Crippen LogP contribution is -2.45. The second-order valence-electron chi connectivity index (χ2n) is 26.0. The van der Waals surface area contributed by atoms with Crippen LogP contribution < -0.4 is 5.32 Å². The van der Waals surface area contributed by atoms with Gasteiger partial charge >= 0.3 is 5.97 Å². The van der Waals surface area contributed by atoms with Crippen LogP contribution in [0.25, 0.3) is 0 Å². The summed E-state index contributed by atoms with van der Waals surface area (Å²) < 4.78 is 5.49. The van der Waals surface area contributed by atoms with Crippen molar-refractivity contribution in [3.63, 3.8) is 0 Å². The zero-order valence-corrected chi connectivity index (χ0v) is 55.3. The van der Waals surface area contributed by atoms with Crippen LogP contribution in [0.5, 0.6) is 0 Å². The van der Waals surface area contributed by atoms with E-state index in [1.54, 1.807) is 0 Å². The molecular formula is C75H147NO5. The highest BCUT2D eigenvalue weighted by Crippen LogP contribution is 2.20. The van der Waals surface area contributed by atoms with E-state index in [0.717, 1.165) is 44.9 Å². The molecule has 3 N–H and O–H groups in total. The molecular weight excluding hydrogens is 995 g/mol. The van der Waals surface area contributed by atoms with Crippen molar-refractivity contribution in [3.8, 4) is 0 Å². The van der Waals surface area contributed by atoms with Crippen molar-refractivity contribution < 1.29 is 24.5 Å². The van der Waals surface area contributed by atoms with Crippen LogP contribution >= 0.6 is 0 Å². The Morgan fingerprint density at radius 1 is 0.333 bits per heavy atom. The van der Waals surface area contributed by atoms with Gasteiger partial charge in [-0.05, 0) is 51.4 Å². The van der Waals surface area contributed by atoms with Crippen molar-refractivity contribution in [1.29, 1.82) is 0 Å². The summed E-state index contributed by atoms with van der Waals surface area (Å²) in [4.78, 5) is 24.6. The largest absolute Gasteiger partial charge is 0.466 e. The Morgan fingerprint density at radius 3 is 0.877 bits per heavy atom. The molecule has 0 saturated carbocycles. The van der Waals surface area contributed by atoms with Crippen LogP contribution in [0.1, 0.15) is 431 Å². The molecule has 81 heavy (non-hydrogen) atoms. The summed E-state index contributed by atoms with van der Waals surface area (Å²) in [5.74, 6) is -0.0133. The van der Waals surface area contributed by atoms with Gasteiger partial charge in [-0.3, -0.25) is 9.59 Å². The highest BCUT2D eigenvalue weighted by Gasteiger charge is 2.20. The Balaban J connectivity index is 3.33. The Morgan fingerprint density at radius 2 is 0.580 bits per heavy atom. The molecule has 0 fully saturated rings. The third-order valence-corrected chi connectivity index (χ3v) is 17.8. The predicted octanol–water partition coefficient (Wildman–Crippen LogP) is 24.3. The van der Waals surface area contributed by atoms with Crippen molar-refractivity contribution in [1.82, 2.24) is 5.32 Å². The standard InChI is InChI=1S/C75H147NO5/c1-3-5-7-9-11-13-15-17-19-20-21-34-37-40-43-47-51-55-59-63-67-73(78)72(71-77)76-74(79)68-64-60-56-52-48-44-41-38-35-32-30-28-26-24-22-23-25-27-29-31-33-36-39-42-46-50-54-58-62-66-70-81-75(80)69-65-61-57-53-49-45-18-16-14-12-10-8-6-4-2/h16,18,72-73,77-78H,3-15,17,19-71H2,1-2H3,(H,76,79)/b18-16-. The van der Waals surface area contributed by atoms with Gasteiger partial charge in [0, 0.05) is 12.8 Å². The highest BCUT2D eigenvalue weighted by molar-refractivity contribution is 5.76. The molecule has 482 valence electrons. The minimum absolute atomic E-state index is 0.0126. The third-order valence-electron chi connectivity index (χ3n) is 17.8. The lowest BCUT2D eigenvalue weighted by Gasteiger charge is -2.22. The Labute approximate surface area is 508 Å². The van der Waals surface area contributed by atoms with Gasteiger partial charge in [-0.25, -0.2) is 0 Å². The lowest BCUT2D eigenvalue weighted by atomic mass is 10.0. The van der Waals surface area contributed by atoms with E-state index in [-0.39, 0.29) is 18.5 Å². The summed E-state index contributed by atoms with van der Waals surface area (Å²) in [7, 11) is 0. The molecule has 0 heterocycles. The van der Waals surface area contributed by atoms with Gasteiger partial charge in [0.2, 0.25) is 5.91 Å². The molecule has 0 radical (unpaired) electrons. The number of esters is 1. The van der Waals surface area contributed by atoms with Crippen molar-refractivity contribution in [2.24, 2.45) is 0 Å². The number of allylic oxidation sites excluding steroid dienone is 2. The van der Waals surface area contributed by atoms with Gasteiger partial charge in [-0.1, -0.05) is 379 Å². The van der Waals surface area contributed by atoms with E-state index in [2.05, 4.69) is 31.3 Å². The number of ether oxygens (including phenoxy) is 1. The maximum atomic E-state index is 12.6. The van der Waals surface area contributed by atoms with Gasteiger partial charge in [0.05, 0.1) is 25.4 Å². The molecule has 6 nitrogen and oxygen atoms in total. The van der Waals surface area contributed by atoms with E-state index in [1.165, 1.54) is 353 Å². The molecule has 0 aromatic heterocycles. The average molecular weight is 1140 g/mol. The first-order valence-corrected chi connectivity index (χ1v) is 37.4. The number of unbranched alkanes of at least 4 members (excludes halogenated alkanes) is 58. The van der Waals surface area contributed by atoms with E-state index in [9.17, 15) is 19.8 Å². The third kappa shape index (κ3) is 67.6. The average Bonchev–Trinajstić information content (AvgIpc) is 3.47. The molecule has 0 aromatic rings. The summed E-state index contributed by atoms with van der Waals surface area (Å²) in [5, 5.41) is 23.4. The molecule has 6 heteroatoms. The number of rotatable bonds is 71. The summed E-state index contributed by atoms with van der Waals surface area (Å²) in [6.45, 7) is 4.99. The topological polar surface area (TPSA) is 95.9 Å². The van der Waals surface area contributed by atoms with E-state index in [1.807, 2.05) is 0 Å². The summed E-state index contributed by atoms with van der Waals surface area (Å²) in [6, 6.07) is -0.539. The molecule has 0 saturated heterocycles. The minimum atomic E-state index is -0.662. The molecule has 0 aromatic carbocycles. The summed E-state index contributed by atoms with van der Waals surface area (Å²) >= 11 is 0. The van der Waals surface area contributed by atoms with Crippen LogP contribution in [-0.4, -0.2) is 47.4 Å². The maximum Gasteiger partial charge on any atom is 0.305 e. The predicted molar refractivity (Wildman–Crippen MR) is 357 cm³/mol. The van der Waals surface area contributed by atoms with Crippen LogP contribution in [0.3, 0.4) is 0 Å². The molecule has 0 aliphatic heterocycles. The van der Waals surface area contributed by atoms with E-state index in [4.69, 9.17) is 4.74 Å². The number of carbonyl (C=O) groups excluding carboxylic acids is 2. The lowest BCUT2D eigenvalue weighted by molar-refractivity contribution is -0.143. The monoisotopic (exact) mass is 1140 g/mol. The number of carbonyl (C=O) groups is 2. The second-order valence-corrected chi connectivity index (χ2v) is 26.0. The smallest absolute Gasteiger partial charge is 0.305 e. The maximum absolute atomic E-state index is 12.6. The highest BCUT2D eigenvalue weighted by atomic mass is 16.5. The van der Waals surface area contributed by atoms with Crippen LogP contribution in [0.15, 0.2) is 12.2 Å². The van der Waals surface area contributed by atoms with Crippen LogP contribution in [0.4, 0.5) is 0 Å². The molecule has 0 rings (SSSR count). The fourth-order valence-corrected chi connectivity index (χ4v) is 12.1. The fraction of sp³-hybridized carbons (Fsp3) is 0.947. The zero-order chi connectivity index (χ0) is 58.5. The molecule has 0 spiro atoms. The zero-order valence-electron chi connectivity index (χ0n) is 55.3. The number of nitrogens with one attached hydrogen (secondary N) is 1. The van der Waals surface area contributed by atoms with E-state index >= 15 is 0 Å². The first kappa shape index (κ1) is 79.6. The molecule has 2 atom stereocenters. The van der Waals surface area contributed by atoms with Gasteiger partial charge in [-0.15, -0.1) is 0 Å². The number of amides is 1. The molecule has 0 bridgehead atoms. The van der Waals surface area contributed by atoms with Gasteiger partial charge in [0.25, 0.3) is 0 Å². The molecule has 0 aliphatic rings. The van der Waals surface area contributed by atoms with Crippen molar-refractivity contribution >= 4 is 11.9 Å². The quantitative estimate of drug-likeness (QED) is 0.0320. The molecule has 1 amide bonds. The van der Waals surface area contributed by atoms with Gasteiger partial charge in [-0.2, -0.15) is 0 Å². The Kier molecular flexibility index (Phi) is 69.9. The van der Waals surface area contributed by atoms with E-state index < -0.39 is 12.1 Å². The molecule has 0 aliphatic carbocycles. The van der Waals surface area contributed by atoms with Crippen molar-refractivity contribution in [2.45, 2.75) is 443 Å². The number of hydrogen-bond acceptors (Lipinski definition) is 5. The Hall–Kier alpha value is -1.40. The van der Waals surface area contributed by atoms with Gasteiger partial charge < -0.3 is 20.3 Å². The van der Waals surface area contributed by atoms with Gasteiger partial charge in [0.1, 0.15) is 0 Å². The van der Waals surface area contributed by atoms with Crippen LogP contribution in [-0.2, 0) is 14.3 Å². The summed E-state index contributed by atoms with van der Waals surface area (Å²) in [5.41, 5.74) is 0.